The maximum absolute atomic E-state index is 12.4. The van der Waals surface area contributed by atoms with Crippen molar-refractivity contribution in [1.29, 1.82) is 0 Å². The van der Waals surface area contributed by atoms with Gasteiger partial charge >= 0.3 is 0 Å². The highest BCUT2D eigenvalue weighted by Crippen LogP contribution is 2.22. The standard InChI is InChI=1S/C18H17BrN2O2S/c1-2-9-20(12-13-7-8-16(19)24-13)10-11-21-17(22)14-5-3-4-6-15(14)18(21)23/h2-8H,1,9-12H2/p+1. The van der Waals surface area contributed by atoms with Crippen molar-refractivity contribution < 1.29 is 14.5 Å². The zero-order chi connectivity index (χ0) is 17.1. The van der Waals surface area contributed by atoms with Crippen molar-refractivity contribution in [3.63, 3.8) is 0 Å². The van der Waals surface area contributed by atoms with Crippen LogP contribution >= 0.6 is 27.3 Å². The highest BCUT2D eigenvalue weighted by atomic mass is 79.9. The van der Waals surface area contributed by atoms with Crippen LogP contribution in [0.4, 0.5) is 0 Å². The van der Waals surface area contributed by atoms with E-state index in [2.05, 4.69) is 28.6 Å². The van der Waals surface area contributed by atoms with E-state index in [1.807, 2.05) is 12.1 Å². The molecule has 2 aromatic rings. The molecule has 3 rings (SSSR count). The Morgan fingerprint density at radius 3 is 2.33 bits per heavy atom. The number of carbonyl (C=O) groups is 2. The molecule has 2 heterocycles. The molecular formula is C18H18BrN2O2S+. The van der Waals surface area contributed by atoms with E-state index in [1.54, 1.807) is 35.6 Å². The van der Waals surface area contributed by atoms with Crippen LogP contribution in [0, 0.1) is 0 Å². The zero-order valence-electron chi connectivity index (χ0n) is 13.1. The molecule has 24 heavy (non-hydrogen) atoms. The van der Waals surface area contributed by atoms with E-state index in [1.165, 1.54) is 14.7 Å². The summed E-state index contributed by atoms with van der Waals surface area (Å²) in [5, 5.41) is 0. The molecule has 0 spiro atoms. The first kappa shape index (κ1) is 17.1. The lowest BCUT2D eigenvalue weighted by molar-refractivity contribution is -0.907. The average Bonchev–Trinajstić information content (AvgIpc) is 3.09. The van der Waals surface area contributed by atoms with Crippen LogP contribution < -0.4 is 4.90 Å². The summed E-state index contributed by atoms with van der Waals surface area (Å²) in [6.07, 6.45) is 1.88. The Kier molecular flexibility index (Phi) is 5.28. The van der Waals surface area contributed by atoms with Gasteiger partial charge in [0, 0.05) is 0 Å². The molecule has 1 unspecified atom stereocenters. The Labute approximate surface area is 153 Å². The quantitative estimate of drug-likeness (QED) is 0.567. The van der Waals surface area contributed by atoms with E-state index in [0.29, 0.717) is 24.2 Å². The summed E-state index contributed by atoms with van der Waals surface area (Å²) in [4.78, 5) is 28.7. The number of halogens is 1. The van der Waals surface area contributed by atoms with Crippen molar-refractivity contribution >= 4 is 39.1 Å². The van der Waals surface area contributed by atoms with Crippen LogP contribution in [0.3, 0.4) is 0 Å². The first-order valence-corrected chi connectivity index (χ1v) is 9.35. The summed E-state index contributed by atoms with van der Waals surface area (Å²) in [7, 11) is 0. The topological polar surface area (TPSA) is 41.8 Å². The summed E-state index contributed by atoms with van der Waals surface area (Å²) >= 11 is 5.18. The second kappa shape index (κ2) is 7.42. The van der Waals surface area contributed by atoms with Gasteiger partial charge in [-0.25, -0.2) is 0 Å². The normalized spacial score (nSPS) is 14.8. The minimum absolute atomic E-state index is 0.188. The Bertz CT molecular complexity index is 752. The number of nitrogens with one attached hydrogen (secondary N) is 1. The van der Waals surface area contributed by atoms with Gasteiger partial charge in [0.1, 0.15) is 6.54 Å². The van der Waals surface area contributed by atoms with E-state index in [0.717, 1.165) is 16.9 Å². The maximum Gasteiger partial charge on any atom is 0.261 e. The molecule has 0 aliphatic carbocycles. The molecule has 124 valence electrons. The maximum atomic E-state index is 12.4. The summed E-state index contributed by atoms with van der Waals surface area (Å²) in [6.45, 7) is 6.58. The van der Waals surface area contributed by atoms with Gasteiger partial charge in [0.25, 0.3) is 11.8 Å². The largest absolute Gasteiger partial charge is 0.326 e. The fourth-order valence-corrected chi connectivity index (χ4v) is 4.43. The third kappa shape index (κ3) is 3.50. The fourth-order valence-electron chi connectivity index (χ4n) is 2.87. The Balaban J connectivity index is 1.66. The van der Waals surface area contributed by atoms with Crippen molar-refractivity contribution in [2.24, 2.45) is 0 Å². The van der Waals surface area contributed by atoms with Crippen molar-refractivity contribution in [3.8, 4) is 0 Å². The van der Waals surface area contributed by atoms with Gasteiger partial charge in [-0.1, -0.05) is 18.7 Å². The number of amides is 2. The van der Waals surface area contributed by atoms with Crippen molar-refractivity contribution in [2.45, 2.75) is 6.54 Å². The number of quaternary nitrogens is 1. The van der Waals surface area contributed by atoms with Crippen molar-refractivity contribution in [1.82, 2.24) is 4.90 Å². The van der Waals surface area contributed by atoms with Gasteiger partial charge < -0.3 is 4.90 Å². The highest BCUT2D eigenvalue weighted by Gasteiger charge is 2.35. The molecule has 2 amide bonds. The third-order valence-corrected chi connectivity index (χ3v) is 5.68. The lowest BCUT2D eigenvalue weighted by atomic mass is 10.1. The monoisotopic (exact) mass is 405 g/mol. The molecule has 1 aromatic carbocycles. The smallest absolute Gasteiger partial charge is 0.261 e. The van der Waals surface area contributed by atoms with E-state index < -0.39 is 0 Å². The number of hydrogen-bond donors (Lipinski definition) is 1. The Morgan fingerprint density at radius 1 is 1.12 bits per heavy atom. The van der Waals surface area contributed by atoms with Crippen LogP contribution in [0.5, 0.6) is 0 Å². The second-order valence-electron chi connectivity index (χ2n) is 5.68. The number of imide groups is 1. The number of hydrogen-bond acceptors (Lipinski definition) is 3. The van der Waals surface area contributed by atoms with Crippen LogP contribution in [0.15, 0.2) is 52.8 Å². The van der Waals surface area contributed by atoms with Crippen LogP contribution in [0.1, 0.15) is 25.6 Å². The molecule has 4 nitrogen and oxygen atoms in total. The summed E-state index contributed by atoms with van der Waals surface area (Å²) in [6, 6.07) is 11.1. The van der Waals surface area contributed by atoms with E-state index in [4.69, 9.17) is 0 Å². The first-order chi connectivity index (χ1) is 11.6. The highest BCUT2D eigenvalue weighted by molar-refractivity contribution is 9.11. The predicted octanol–water partition coefficient (Wildman–Crippen LogP) is 2.38. The molecule has 1 aliphatic heterocycles. The Hall–Kier alpha value is -1.76. The summed E-state index contributed by atoms with van der Waals surface area (Å²) in [5.74, 6) is -0.375. The van der Waals surface area contributed by atoms with E-state index in [-0.39, 0.29) is 11.8 Å². The van der Waals surface area contributed by atoms with Crippen molar-refractivity contribution in [3.05, 3.63) is 68.8 Å². The molecule has 1 aromatic heterocycles. The van der Waals surface area contributed by atoms with Gasteiger partial charge in [0.15, 0.2) is 0 Å². The average molecular weight is 406 g/mol. The lowest BCUT2D eigenvalue weighted by Gasteiger charge is -2.20. The van der Waals surface area contributed by atoms with Crippen LogP contribution in [-0.2, 0) is 6.54 Å². The molecule has 0 radical (unpaired) electrons. The number of nitrogens with zero attached hydrogens (tertiary/aromatic N) is 1. The molecule has 0 bridgehead atoms. The molecule has 1 aliphatic rings. The fraction of sp³-hybridized carbons (Fsp3) is 0.222. The van der Waals surface area contributed by atoms with E-state index in [9.17, 15) is 9.59 Å². The molecule has 0 fully saturated rings. The Morgan fingerprint density at radius 2 is 1.79 bits per heavy atom. The number of rotatable bonds is 7. The number of carbonyl (C=O) groups excluding carboxylic acids is 2. The van der Waals surface area contributed by atoms with Gasteiger partial charge in [0.05, 0.1) is 39.4 Å². The number of fused-ring (bicyclic) bond motifs is 1. The predicted molar refractivity (Wildman–Crippen MR) is 98.4 cm³/mol. The van der Waals surface area contributed by atoms with Gasteiger partial charge in [-0.05, 0) is 46.3 Å². The van der Waals surface area contributed by atoms with Gasteiger partial charge in [-0.15, -0.1) is 11.3 Å². The molecule has 0 saturated carbocycles. The minimum Gasteiger partial charge on any atom is -0.326 e. The summed E-state index contributed by atoms with van der Waals surface area (Å²) in [5.41, 5.74) is 1.02. The van der Waals surface area contributed by atoms with Crippen LogP contribution in [0.25, 0.3) is 0 Å². The number of benzene rings is 1. The van der Waals surface area contributed by atoms with Gasteiger partial charge in [-0.3, -0.25) is 14.5 Å². The zero-order valence-corrected chi connectivity index (χ0v) is 15.5. The van der Waals surface area contributed by atoms with Gasteiger partial charge in [-0.2, -0.15) is 0 Å². The molecule has 1 N–H and O–H groups in total. The SMILES string of the molecule is C=CC[NH+](CCN1C(=O)c2ccccc2C1=O)Cc1ccc(Br)s1. The second-order valence-corrected chi connectivity index (χ2v) is 8.23. The third-order valence-electron chi connectivity index (χ3n) is 4.05. The molecule has 1 atom stereocenters. The van der Waals surface area contributed by atoms with Crippen LogP contribution in [0.2, 0.25) is 0 Å². The van der Waals surface area contributed by atoms with Crippen molar-refractivity contribution in [2.75, 3.05) is 19.6 Å². The molecular weight excluding hydrogens is 388 g/mol. The first-order valence-electron chi connectivity index (χ1n) is 7.74. The molecule has 0 saturated heterocycles. The number of thiophene rings is 1. The van der Waals surface area contributed by atoms with Gasteiger partial charge in [0.2, 0.25) is 0 Å². The summed E-state index contributed by atoms with van der Waals surface area (Å²) < 4.78 is 1.11. The van der Waals surface area contributed by atoms with E-state index >= 15 is 0 Å². The van der Waals surface area contributed by atoms with Crippen LogP contribution in [-0.4, -0.2) is 36.3 Å². The molecule has 6 heteroatoms. The minimum atomic E-state index is -0.188. The lowest BCUT2D eigenvalue weighted by Crippen LogP contribution is -3.11.